The fraction of sp³-hybridized carbons (Fsp3) is 0.0526. The van der Waals surface area contributed by atoms with Crippen molar-refractivity contribution in [3.63, 3.8) is 0 Å². The zero-order valence-electron chi connectivity index (χ0n) is 13.4. The van der Waals surface area contributed by atoms with E-state index in [0.29, 0.717) is 38.0 Å². The number of hydrogen-bond acceptors (Lipinski definition) is 4. The van der Waals surface area contributed by atoms with Gasteiger partial charge in [-0.3, -0.25) is 9.59 Å². The molecule has 2 aromatic rings. The van der Waals surface area contributed by atoms with Gasteiger partial charge in [-0.25, -0.2) is 4.90 Å². The number of imide groups is 1. The van der Waals surface area contributed by atoms with Gasteiger partial charge in [0, 0.05) is 0 Å². The number of amides is 2. The Hall–Kier alpha value is -2.02. The molecule has 132 valence electrons. The number of anilines is 1. The van der Waals surface area contributed by atoms with Crippen molar-refractivity contribution in [1.82, 2.24) is 0 Å². The Morgan fingerprint density at radius 2 is 1.96 bits per heavy atom. The monoisotopic (exact) mass is 449 g/mol. The molecule has 0 bridgehead atoms. The number of thioether (sulfide) groups is 1. The lowest BCUT2D eigenvalue weighted by Crippen LogP contribution is -2.27. The van der Waals surface area contributed by atoms with Crippen LogP contribution in [0.2, 0.25) is 5.02 Å². The van der Waals surface area contributed by atoms with Gasteiger partial charge in [0.25, 0.3) is 11.1 Å². The Morgan fingerprint density at radius 1 is 1.23 bits per heavy atom. The fourth-order valence-corrected chi connectivity index (χ4v) is 4.19. The molecular formula is C19H13BrClNO3S. The van der Waals surface area contributed by atoms with E-state index in [9.17, 15) is 9.59 Å². The first-order valence-corrected chi connectivity index (χ1v) is 9.55. The number of ether oxygens (including phenoxy) is 1. The molecule has 3 rings (SSSR count). The van der Waals surface area contributed by atoms with Crippen LogP contribution in [0.1, 0.15) is 5.56 Å². The number of hydrogen-bond donors (Lipinski definition) is 0. The second-order valence-electron chi connectivity index (χ2n) is 5.27. The summed E-state index contributed by atoms with van der Waals surface area (Å²) in [6.07, 6.45) is 3.26. The van der Waals surface area contributed by atoms with Crippen molar-refractivity contribution in [3.8, 4) is 5.75 Å². The minimum Gasteiger partial charge on any atom is -0.487 e. The van der Waals surface area contributed by atoms with Gasteiger partial charge in [-0.15, -0.1) is 0 Å². The van der Waals surface area contributed by atoms with Gasteiger partial charge >= 0.3 is 0 Å². The summed E-state index contributed by atoms with van der Waals surface area (Å²) in [5, 5.41) is 0.0679. The first-order chi connectivity index (χ1) is 12.5. The van der Waals surface area contributed by atoms with Gasteiger partial charge in [0.2, 0.25) is 0 Å². The van der Waals surface area contributed by atoms with Crippen molar-refractivity contribution < 1.29 is 14.3 Å². The molecule has 4 nitrogen and oxygen atoms in total. The van der Waals surface area contributed by atoms with Crippen LogP contribution in [-0.4, -0.2) is 17.8 Å². The molecule has 1 heterocycles. The second-order valence-corrected chi connectivity index (χ2v) is 7.52. The summed E-state index contributed by atoms with van der Waals surface area (Å²) in [6, 6.07) is 12.3. The van der Waals surface area contributed by atoms with E-state index in [0.717, 1.165) is 16.7 Å². The highest BCUT2D eigenvalue weighted by atomic mass is 79.9. The smallest absolute Gasteiger partial charge is 0.298 e. The van der Waals surface area contributed by atoms with Crippen LogP contribution in [0.4, 0.5) is 10.5 Å². The highest BCUT2D eigenvalue weighted by molar-refractivity contribution is 9.10. The molecule has 0 N–H and O–H groups in total. The topological polar surface area (TPSA) is 46.6 Å². The summed E-state index contributed by atoms with van der Waals surface area (Å²) >= 11 is 10.6. The first-order valence-electron chi connectivity index (χ1n) is 7.57. The van der Waals surface area contributed by atoms with Crippen molar-refractivity contribution in [1.29, 1.82) is 0 Å². The SMILES string of the molecule is C=CCOc1c(Cl)cc(/C=C2\SC(=O)N(c3ccccc3)C2=O)cc1Br. The summed E-state index contributed by atoms with van der Waals surface area (Å²) in [6.45, 7) is 3.93. The molecule has 2 amide bonds. The largest absolute Gasteiger partial charge is 0.487 e. The molecule has 1 aliphatic rings. The molecule has 0 aliphatic carbocycles. The summed E-state index contributed by atoms with van der Waals surface area (Å²) in [5.74, 6) is 0.145. The number of benzene rings is 2. The summed E-state index contributed by atoms with van der Waals surface area (Å²) in [5.41, 5.74) is 1.23. The zero-order valence-corrected chi connectivity index (χ0v) is 16.6. The molecule has 26 heavy (non-hydrogen) atoms. The van der Waals surface area contributed by atoms with Crippen LogP contribution < -0.4 is 9.64 Å². The highest BCUT2D eigenvalue weighted by Crippen LogP contribution is 2.38. The lowest BCUT2D eigenvalue weighted by molar-refractivity contribution is -0.113. The minimum absolute atomic E-state index is 0.327. The maximum absolute atomic E-state index is 12.6. The van der Waals surface area contributed by atoms with Crippen molar-refractivity contribution in [3.05, 3.63) is 75.1 Å². The normalized spacial score (nSPS) is 15.6. The van der Waals surface area contributed by atoms with E-state index >= 15 is 0 Å². The van der Waals surface area contributed by atoms with Crippen LogP contribution in [0.15, 0.2) is 64.5 Å². The van der Waals surface area contributed by atoms with Crippen LogP contribution in [0, 0.1) is 0 Å². The number of nitrogens with zero attached hydrogens (tertiary/aromatic N) is 1. The fourth-order valence-electron chi connectivity index (χ4n) is 2.36. The van der Waals surface area contributed by atoms with Crippen LogP contribution >= 0.6 is 39.3 Å². The van der Waals surface area contributed by atoms with Gasteiger partial charge < -0.3 is 4.74 Å². The average Bonchev–Trinajstić information content (AvgIpc) is 2.88. The molecule has 0 saturated carbocycles. The van der Waals surface area contributed by atoms with Gasteiger partial charge in [-0.2, -0.15) is 0 Å². The standard InChI is InChI=1S/C19H13BrClNO3S/c1-2-8-25-17-14(20)9-12(10-15(17)21)11-16-18(23)22(19(24)26-16)13-6-4-3-5-7-13/h2-7,9-11H,1,8H2/b16-11-. The van der Waals surface area contributed by atoms with Gasteiger partial charge in [-0.1, -0.05) is 42.5 Å². The molecule has 0 unspecified atom stereocenters. The van der Waals surface area contributed by atoms with E-state index in [1.165, 1.54) is 0 Å². The molecule has 0 spiro atoms. The van der Waals surface area contributed by atoms with Crippen molar-refractivity contribution in [2.24, 2.45) is 0 Å². The number of carbonyl (C=O) groups is 2. The molecule has 1 aliphatic heterocycles. The van der Waals surface area contributed by atoms with E-state index in [-0.39, 0.29) is 11.1 Å². The minimum atomic E-state index is -0.356. The summed E-state index contributed by atoms with van der Waals surface area (Å²) in [7, 11) is 0. The van der Waals surface area contributed by atoms with Crippen LogP contribution in [0.25, 0.3) is 6.08 Å². The molecule has 0 radical (unpaired) electrons. The molecular weight excluding hydrogens is 438 g/mol. The van der Waals surface area contributed by atoms with Crippen molar-refractivity contribution >= 4 is 62.2 Å². The molecule has 1 saturated heterocycles. The Labute approximate surface area is 168 Å². The molecule has 7 heteroatoms. The van der Waals surface area contributed by atoms with Crippen LogP contribution in [0.5, 0.6) is 5.75 Å². The summed E-state index contributed by atoms with van der Waals surface area (Å²) in [4.78, 5) is 26.4. The molecule has 1 fully saturated rings. The third kappa shape index (κ3) is 3.87. The number of halogens is 2. The lowest BCUT2D eigenvalue weighted by Gasteiger charge is -2.11. The van der Waals surface area contributed by atoms with Crippen molar-refractivity contribution in [2.75, 3.05) is 11.5 Å². The lowest BCUT2D eigenvalue weighted by atomic mass is 10.2. The van der Waals surface area contributed by atoms with E-state index in [1.807, 2.05) is 6.07 Å². The highest BCUT2D eigenvalue weighted by Gasteiger charge is 2.36. The molecule has 0 atom stereocenters. The van der Waals surface area contributed by atoms with E-state index in [4.69, 9.17) is 16.3 Å². The maximum Gasteiger partial charge on any atom is 0.298 e. The quantitative estimate of drug-likeness (QED) is 0.420. The van der Waals surface area contributed by atoms with Crippen LogP contribution in [-0.2, 0) is 4.79 Å². The van der Waals surface area contributed by atoms with Gasteiger partial charge in [-0.05, 0) is 63.6 Å². The van der Waals surface area contributed by atoms with Gasteiger partial charge in [0.15, 0.2) is 5.75 Å². The number of para-hydroxylation sites is 1. The second kappa shape index (κ2) is 8.12. The van der Waals surface area contributed by atoms with E-state index in [1.54, 1.807) is 48.6 Å². The average molecular weight is 451 g/mol. The molecule has 0 aromatic heterocycles. The molecule has 2 aromatic carbocycles. The predicted molar refractivity (Wildman–Crippen MR) is 110 cm³/mol. The number of carbonyl (C=O) groups excluding carboxylic acids is 2. The number of rotatable bonds is 5. The van der Waals surface area contributed by atoms with E-state index in [2.05, 4.69) is 22.5 Å². The van der Waals surface area contributed by atoms with Crippen LogP contribution in [0.3, 0.4) is 0 Å². The first kappa shape index (κ1) is 18.8. The third-order valence-electron chi connectivity index (χ3n) is 3.47. The Morgan fingerprint density at radius 3 is 2.62 bits per heavy atom. The van der Waals surface area contributed by atoms with Gasteiger partial charge in [0.1, 0.15) is 6.61 Å². The maximum atomic E-state index is 12.6. The van der Waals surface area contributed by atoms with Gasteiger partial charge in [0.05, 0.1) is 20.1 Å². The van der Waals surface area contributed by atoms with E-state index < -0.39 is 0 Å². The Bertz CT molecular complexity index is 891. The van der Waals surface area contributed by atoms with Crippen molar-refractivity contribution in [2.45, 2.75) is 0 Å². The summed E-state index contributed by atoms with van der Waals surface area (Å²) < 4.78 is 6.16. The predicted octanol–water partition coefficient (Wildman–Crippen LogP) is 5.91. The third-order valence-corrected chi connectivity index (χ3v) is 5.21. The Kier molecular flexibility index (Phi) is 5.86. The zero-order chi connectivity index (χ0) is 18.7. The Balaban J connectivity index is 1.90.